The monoisotopic (exact) mass is 374 g/mol. The Morgan fingerprint density at radius 2 is 1.81 bits per heavy atom. The van der Waals surface area contributed by atoms with Crippen molar-refractivity contribution in [2.45, 2.75) is 13.8 Å². The van der Waals surface area contributed by atoms with Crippen LogP contribution in [0.3, 0.4) is 0 Å². The second-order valence-corrected chi connectivity index (χ2v) is 6.08. The highest BCUT2D eigenvalue weighted by Gasteiger charge is 2.12. The van der Waals surface area contributed by atoms with Crippen LogP contribution in [-0.4, -0.2) is 30.9 Å². The molecule has 26 heavy (non-hydrogen) atoms. The summed E-state index contributed by atoms with van der Waals surface area (Å²) in [5.74, 6) is -1.58. The van der Waals surface area contributed by atoms with E-state index in [-0.39, 0.29) is 12.5 Å². The molecule has 0 bridgehead atoms. The van der Waals surface area contributed by atoms with Gasteiger partial charge in [0.1, 0.15) is 6.54 Å². The fourth-order valence-corrected chi connectivity index (χ4v) is 2.34. The summed E-state index contributed by atoms with van der Waals surface area (Å²) < 4.78 is 4.86. The molecular formula is C19H19ClN2O4. The third-order valence-corrected chi connectivity index (χ3v) is 3.99. The minimum absolute atomic E-state index is 0.323. The Morgan fingerprint density at radius 1 is 1.08 bits per heavy atom. The van der Waals surface area contributed by atoms with E-state index >= 15 is 0 Å². The maximum absolute atomic E-state index is 11.9. The van der Waals surface area contributed by atoms with Crippen molar-refractivity contribution in [3.05, 3.63) is 64.2 Å². The van der Waals surface area contributed by atoms with Crippen molar-refractivity contribution in [3.63, 3.8) is 0 Å². The Bertz CT molecular complexity index is 836. The Hall–Kier alpha value is -2.86. The average Bonchev–Trinajstić information content (AvgIpc) is 2.61. The third kappa shape index (κ3) is 5.60. The summed E-state index contributed by atoms with van der Waals surface area (Å²) in [4.78, 5) is 35.5. The molecule has 2 amide bonds. The molecule has 6 nitrogen and oxygen atoms in total. The summed E-state index contributed by atoms with van der Waals surface area (Å²) in [5.41, 5.74) is 2.66. The topological polar surface area (TPSA) is 84.5 Å². The number of hydrogen-bond donors (Lipinski definition) is 2. The van der Waals surface area contributed by atoms with Crippen molar-refractivity contribution in [3.8, 4) is 0 Å². The van der Waals surface area contributed by atoms with Crippen LogP contribution >= 0.6 is 11.6 Å². The number of carbonyl (C=O) groups is 3. The molecule has 2 aromatic rings. The molecule has 0 atom stereocenters. The standard InChI is InChI=1S/C19H19ClN2O4/c1-12-5-3-6-14(9-12)19(25)21-10-18(24)26-11-17(23)22-16-8-4-7-15(20)13(16)2/h3-9H,10-11H2,1-2H3,(H,21,25)(H,22,23). The van der Waals surface area contributed by atoms with E-state index in [1.165, 1.54) is 0 Å². The predicted octanol–water partition coefficient (Wildman–Crippen LogP) is 2.87. The molecule has 0 saturated carbocycles. The summed E-state index contributed by atoms with van der Waals surface area (Å²) in [6.07, 6.45) is 0. The van der Waals surface area contributed by atoms with Crippen LogP contribution in [0.25, 0.3) is 0 Å². The van der Waals surface area contributed by atoms with Gasteiger partial charge in [-0.15, -0.1) is 0 Å². The van der Waals surface area contributed by atoms with E-state index < -0.39 is 18.5 Å². The van der Waals surface area contributed by atoms with Gasteiger partial charge in [-0.2, -0.15) is 0 Å². The first kappa shape index (κ1) is 19.5. The number of nitrogens with one attached hydrogen (secondary N) is 2. The molecule has 2 N–H and O–H groups in total. The molecule has 0 aromatic heterocycles. The minimum Gasteiger partial charge on any atom is -0.454 e. The van der Waals surface area contributed by atoms with E-state index in [1.54, 1.807) is 43.3 Å². The molecule has 0 aliphatic heterocycles. The Kier molecular flexibility index (Phi) is 6.74. The summed E-state index contributed by atoms with van der Waals surface area (Å²) in [6, 6.07) is 12.1. The number of rotatable bonds is 6. The number of ether oxygens (including phenoxy) is 1. The highest BCUT2D eigenvalue weighted by molar-refractivity contribution is 6.31. The van der Waals surface area contributed by atoms with Gasteiger partial charge in [0.15, 0.2) is 6.61 Å². The van der Waals surface area contributed by atoms with Gasteiger partial charge in [-0.1, -0.05) is 35.4 Å². The Balaban J connectivity index is 1.77. The maximum atomic E-state index is 11.9. The van der Waals surface area contributed by atoms with Crippen LogP contribution in [0.4, 0.5) is 5.69 Å². The number of esters is 1. The molecule has 7 heteroatoms. The lowest BCUT2D eigenvalue weighted by Crippen LogP contribution is -2.32. The van der Waals surface area contributed by atoms with E-state index in [0.717, 1.165) is 11.1 Å². The number of benzene rings is 2. The Labute approximate surface area is 156 Å². The minimum atomic E-state index is -0.705. The van der Waals surface area contributed by atoms with Gasteiger partial charge >= 0.3 is 5.97 Å². The number of aryl methyl sites for hydroxylation is 1. The van der Waals surface area contributed by atoms with Gasteiger partial charge in [0.2, 0.25) is 0 Å². The van der Waals surface area contributed by atoms with Crippen molar-refractivity contribution >= 4 is 35.1 Å². The van der Waals surface area contributed by atoms with Gasteiger partial charge < -0.3 is 15.4 Å². The normalized spacial score (nSPS) is 10.1. The maximum Gasteiger partial charge on any atom is 0.325 e. The molecular weight excluding hydrogens is 356 g/mol. The molecule has 0 spiro atoms. The van der Waals surface area contributed by atoms with E-state index in [1.807, 2.05) is 13.0 Å². The van der Waals surface area contributed by atoms with Crippen LogP contribution < -0.4 is 10.6 Å². The SMILES string of the molecule is Cc1cccc(C(=O)NCC(=O)OCC(=O)Nc2cccc(Cl)c2C)c1. The van der Waals surface area contributed by atoms with Crippen LogP contribution in [0.2, 0.25) is 5.02 Å². The first-order valence-corrected chi connectivity index (χ1v) is 8.30. The van der Waals surface area contributed by atoms with E-state index in [0.29, 0.717) is 16.3 Å². The zero-order chi connectivity index (χ0) is 19.1. The van der Waals surface area contributed by atoms with Crippen LogP contribution in [0.15, 0.2) is 42.5 Å². The van der Waals surface area contributed by atoms with E-state index in [4.69, 9.17) is 16.3 Å². The lowest BCUT2D eigenvalue weighted by atomic mass is 10.1. The lowest BCUT2D eigenvalue weighted by molar-refractivity contribution is -0.146. The quantitative estimate of drug-likeness (QED) is 0.761. The molecule has 0 fully saturated rings. The van der Waals surface area contributed by atoms with Crippen LogP contribution in [-0.2, 0) is 14.3 Å². The predicted molar refractivity (Wildman–Crippen MR) is 99.3 cm³/mol. The summed E-state index contributed by atoms with van der Waals surface area (Å²) in [6.45, 7) is 2.86. The number of anilines is 1. The molecule has 0 saturated heterocycles. The second kappa shape index (κ2) is 9.01. The lowest BCUT2D eigenvalue weighted by Gasteiger charge is -2.10. The molecule has 0 aliphatic carbocycles. The van der Waals surface area contributed by atoms with Gasteiger partial charge in [0.05, 0.1) is 0 Å². The van der Waals surface area contributed by atoms with Crippen LogP contribution in [0.5, 0.6) is 0 Å². The number of carbonyl (C=O) groups excluding carboxylic acids is 3. The average molecular weight is 375 g/mol. The van der Waals surface area contributed by atoms with Crippen molar-refractivity contribution in [2.24, 2.45) is 0 Å². The van der Waals surface area contributed by atoms with Crippen molar-refractivity contribution in [1.82, 2.24) is 5.32 Å². The number of hydrogen-bond acceptors (Lipinski definition) is 4. The molecule has 0 aliphatic rings. The van der Waals surface area contributed by atoms with Crippen molar-refractivity contribution < 1.29 is 19.1 Å². The molecule has 0 radical (unpaired) electrons. The van der Waals surface area contributed by atoms with Crippen LogP contribution in [0.1, 0.15) is 21.5 Å². The van der Waals surface area contributed by atoms with Crippen LogP contribution in [0, 0.1) is 13.8 Å². The van der Waals surface area contributed by atoms with Gasteiger partial charge in [-0.25, -0.2) is 0 Å². The molecule has 2 aromatic carbocycles. The zero-order valence-electron chi connectivity index (χ0n) is 14.5. The molecule has 0 heterocycles. The summed E-state index contributed by atoms with van der Waals surface area (Å²) in [7, 11) is 0. The fourth-order valence-electron chi connectivity index (χ4n) is 2.17. The second-order valence-electron chi connectivity index (χ2n) is 5.67. The Morgan fingerprint density at radius 3 is 2.54 bits per heavy atom. The highest BCUT2D eigenvalue weighted by atomic mass is 35.5. The number of halogens is 1. The summed E-state index contributed by atoms with van der Waals surface area (Å²) in [5, 5.41) is 5.60. The fraction of sp³-hybridized carbons (Fsp3) is 0.211. The van der Waals surface area contributed by atoms with Gasteiger partial charge in [-0.3, -0.25) is 14.4 Å². The van der Waals surface area contributed by atoms with Crippen molar-refractivity contribution in [2.75, 3.05) is 18.5 Å². The third-order valence-electron chi connectivity index (χ3n) is 3.58. The first-order valence-electron chi connectivity index (χ1n) is 7.92. The van der Waals surface area contributed by atoms with E-state index in [2.05, 4.69) is 10.6 Å². The molecule has 136 valence electrons. The zero-order valence-corrected chi connectivity index (χ0v) is 15.2. The summed E-state index contributed by atoms with van der Waals surface area (Å²) >= 11 is 5.98. The largest absolute Gasteiger partial charge is 0.454 e. The van der Waals surface area contributed by atoms with Gasteiger partial charge in [-0.05, 0) is 43.7 Å². The van der Waals surface area contributed by atoms with Crippen molar-refractivity contribution in [1.29, 1.82) is 0 Å². The van der Waals surface area contributed by atoms with Gasteiger partial charge in [0.25, 0.3) is 11.8 Å². The molecule has 0 unspecified atom stereocenters. The first-order chi connectivity index (χ1) is 12.4. The molecule has 2 rings (SSSR count). The highest BCUT2D eigenvalue weighted by Crippen LogP contribution is 2.22. The van der Waals surface area contributed by atoms with E-state index in [9.17, 15) is 14.4 Å². The number of amides is 2. The van der Waals surface area contributed by atoms with Gasteiger partial charge in [0, 0.05) is 16.3 Å². The smallest absolute Gasteiger partial charge is 0.325 e.